The fourth-order valence-electron chi connectivity index (χ4n) is 2.14. The van der Waals surface area contributed by atoms with Gasteiger partial charge in [0.15, 0.2) is 0 Å². The van der Waals surface area contributed by atoms with Crippen LogP contribution in [0.15, 0.2) is 12.3 Å². The Balaban J connectivity index is 4.16. The molecule has 2 nitrogen and oxygen atoms in total. The quantitative estimate of drug-likeness (QED) is 0.663. The molecular weight excluding hydrogens is 208 g/mol. The molecule has 0 rings (SSSR count). The third kappa shape index (κ3) is 6.72. The van der Waals surface area contributed by atoms with E-state index in [1.165, 1.54) is 18.5 Å². The third-order valence-corrected chi connectivity index (χ3v) is 3.32. The molecule has 2 heteroatoms. The summed E-state index contributed by atoms with van der Waals surface area (Å²) in [4.78, 5) is 2.32. The Labute approximate surface area is 108 Å². The summed E-state index contributed by atoms with van der Waals surface area (Å²) in [5.74, 6) is 1.31. The van der Waals surface area contributed by atoms with Crippen LogP contribution in [0.25, 0.3) is 0 Å². The van der Waals surface area contributed by atoms with Gasteiger partial charge in [-0.15, -0.1) is 0 Å². The SMILES string of the molecule is C=C(C(CCC)C(C)C)N(C)CCNC(C)C. The highest BCUT2D eigenvalue weighted by Gasteiger charge is 2.18. The zero-order chi connectivity index (χ0) is 13.4. The maximum atomic E-state index is 4.29. The smallest absolute Gasteiger partial charge is 0.0297 e. The minimum atomic E-state index is 0.563. The maximum absolute atomic E-state index is 4.29. The molecule has 0 aromatic heterocycles. The summed E-state index contributed by atoms with van der Waals surface area (Å²) >= 11 is 0. The van der Waals surface area contributed by atoms with Crippen molar-refractivity contribution >= 4 is 0 Å². The lowest BCUT2D eigenvalue weighted by molar-refractivity contribution is 0.295. The van der Waals surface area contributed by atoms with E-state index in [-0.39, 0.29) is 0 Å². The molecule has 0 spiro atoms. The predicted octanol–water partition coefficient (Wildman–Crippen LogP) is 3.50. The Morgan fingerprint density at radius 3 is 2.24 bits per heavy atom. The molecule has 1 unspecified atom stereocenters. The standard InChI is InChI=1S/C15H32N2/c1-8-9-15(12(2)3)14(6)17(7)11-10-16-13(4)5/h12-13,15-16H,6,8-11H2,1-5,7H3. The van der Waals surface area contributed by atoms with Crippen LogP contribution in [0.1, 0.15) is 47.5 Å². The second kappa shape index (κ2) is 8.57. The minimum absolute atomic E-state index is 0.563. The molecule has 0 aliphatic carbocycles. The van der Waals surface area contributed by atoms with Crippen molar-refractivity contribution in [3.05, 3.63) is 12.3 Å². The summed E-state index contributed by atoms with van der Waals surface area (Å²) in [5.41, 5.74) is 1.30. The van der Waals surface area contributed by atoms with Crippen molar-refractivity contribution in [3.8, 4) is 0 Å². The number of nitrogens with one attached hydrogen (secondary N) is 1. The summed E-state index contributed by atoms with van der Waals surface area (Å²) in [6.45, 7) is 17.6. The molecule has 0 bridgehead atoms. The molecular formula is C15H32N2. The number of hydrogen-bond acceptors (Lipinski definition) is 2. The lowest BCUT2D eigenvalue weighted by atomic mass is 9.88. The van der Waals surface area contributed by atoms with Crippen molar-refractivity contribution in [3.63, 3.8) is 0 Å². The molecule has 0 fully saturated rings. The first-order chi connectivity index (χ1) is 7.90. The third-order valence-electron chi connectivity index (χ3n) is 3.32. The number of hydrogen-bond donors (Lipinski definition) is 1. The first-order valence-corrected chi connectivity index (χ1v) is 7.03. The van der Waals surface area contributed by atoms with Gasteiger partial charge in [-0.2, -0.15) is 0 Å². The van der Waals surface area contributed by atoms with Gasteiger partial charge in [-0.25, -0.2) is 0 Å². The highest BCUT2D eigenvalue weighted by Crippen LogP contribution is 2.25. The van der Waals surface area contributed by atoms with Crippen molar-refractivity contribution < 1.29 is 0 Å². The zero-order valence-corrected chi connectivity index (χ0v) is 12.7. The van der Waals surface area contributed by atoms with Gasteiger partial charge >= 0.3 is 0 Å². The van der Waals surface area contributed by atoms with Crippen LogP contribution in [0.5, 0.6) is 0 Å². The Kier molecular flexibility index (Phi) is 8.32. The zero-order valence-electron chi connectivity index (χ0n) is 12.7. The minimum Gasteiger partial charge on any atom is -0.377 e. The molecule has 0 aromatic carbocycles. The van der Waals surface area contributed by atoms with Crippen molar-refractivity contribution in [2.45, 2.75) is 53.5 Å². The molecule has 1 atom stereocenters. The van der Waals surface area contributed by atoms with Gasteiger partial charge in [-0.05, 0) is 12.3 Å². The van der Waals surface area contributed by atoms with Crippen LogP contribution in [-0.4, -0.2) is 31.1 Å². The van der Waals surface area contributed by atoms with Crippen LogP contribution in [0.4, 0.5) is 0 Å². The Bertz CT molecular complexity index is 209. The summed E-state index contributed by atoms with van der Waals surface area (Å²) in [5, 5.41) is 3.45. The van der Waals surface area contributed by atoms with E-state index in [1.807, 2.05) is 0 Å². The highest BCUT2D eigenvalue weighted by atomic mass is 15.1. The summed E-state index contributed by atoms with van der Waals surface area (Å²) in [6, 6.07) is 0.563. The summed E-state index contributed by atoms with van der Waals surface area (Å²) in [6.07, 6.45) is 2.48. The lowest BCUT2D eigenvalue weighted by Gasteiger charge is -2.31. The van der Waals surface area contributed by atoms with E-state index in [9.17, 15) is 0 Å². The number of allylic oxidation sites excluding steroid dienone is 1. The van der Waals surface area contributed by atoms with Crippen molar-refractivity contribution in [1.29, 1.82) is 0 Å². The normalized spacial score (nSPS) is 13.2. The molecule has 0 saturated carbocycles. The van der Waals surface area contributed by atoms with Crippen LogP contribution in [0.2, 0.25) is 0 Å². The lowest BCUT2D eigenvalue weighted by Crippen LogP contribution is -2.34. The molecule has 0 aliphatic rings. The molecule has 0 radical (unpaired) electrons. The first-order valence-electron chi connectivity index (χ1n) is 7.03. The van der Waals surface area contributed by atoms with E-state index in [1.54, 1.807) is 0 Å². The van der Waals surface area contributed by atoms with Crippen molar-refractivity contribution in [2.75, 3.05) is 20.1 Å². The molecule has 102 valence electrons. The maximum Gasteiger partial charge on any atom is 0.0297 e. The van der Waals surface area contributed by atoms with Gasteiger partial charge in [0.2, 0.25) is 0 Å². The van der Waals surface area contributed by atoms with E-state index in [0.29, 0.717) is 17.9 Å². The number of nitrogens with zero attached hydrogens (tertiary/aromatic N) is 1. The predicted molar refractivity (Wildman–Crippen MR) is 78.1 cm³/mol. The van der Waals surface area contributed by atoms with Crippen molar-refractivity contribution in [1.82, 2.24) is 10.2 Å². The van der Waals surface area contributed by atoms with Gasteiger partial charge in [0, 0.05) is 37.8 Å². The van der Waals surface area contributed by atoms with E-state index in [4.69, 9.17) is 0 Å². The van der Waals surface area contributed by atoms with E-state index < -0.39 is 0 Å². The average Bonchev–Trinajstić information content (AvgIpc) is 2.23. The fraction of sp³-hybridized carbons (Fsp3) is 0.867. The molecule has 17 heavy (non-hydrogen) atoms. The van der Waals surface area contributed by atoms with Crippen LogP contribution < -0.4 is 5.32 Å². The topological polar surface area (TPSA) is 15.3 Å². The fourth-order valence-corrected chi connectivity index (χ4v) is 2.14. The molecule has 0 aromatic rings. The van der Waals surface area contributed by atoms with E-state index >= 15 is 0 Å². The number of likely N-dealkylation sites (N-methyl/N-ethyl adjacent to an activating group) is 1. The molecule has 1 N–H and O–H groups in total. The van der Waals surface area contributed by atoms with Gasteiger partial charge in [0.25, 0.3) is 0 Å². The van der Waals surface area contributed by atoms with Crippen molar-refractivity contribution in [2.24, 2.45) is 11.8 Å². The monoisotopic (exact) mass is 240 g/mol. The molecule has 0 heterocycles. The van der Waals surface area contributed by atoms with Crippen LogP contribution in [0.3, 0.4) is 0 Å². The van der Waals surface area contributed by atoms with Gasteiger partial charge in [-0.3, -0.25) is 0 Å². The summed E-state index contributed by atoms with van der Waals surface area (Å²) < 4.78 is 0. The van der Waals surface area contributed by atoms with Crippen LogP contribution >= 0.6 is 0 Å². The molecule has 0 saturated heterocycles. The van der Waals surface area contributed by atoms with Gasteiger partial charge in [0.05, 0.1) is 0 Å². The van der Waals surface area contributed by atoms with Gasteiger partial charge in [0.1, 0.15) is 0 Å². The van der Waals surface area contributed by atoms with Gasteiger partial charge in [-0.1, -0.05) is 47.6 Å². The van der Waals surface area contributed by atoms with Crippen LogP contribution in [0, 0.1) is 11.8 Å². The highest BCUT2D eigenvalue weighted by molar-refractivity contribution is 5.00. The second-order valence-corrected chi connectivity index (χ2v) is 5.66. The Hall–Kier alpha value is -0.500. The second-order valence-electron chi connectivity index (χ2n) is 5.66. The average molecular weight is 240 g/mol. The Morgan fingerprint density at radius 1 is 1.24 bits per heavy atom. The molecule has 0 amide bonds. The number of rotatable bonds is 9. The van der Waals surface area contributed by atoms with E-state index in [2.05, 4.69) is 58.5 Å². The van der Waals surface area contributed by atoms with Crippen LogP contribution in [-0.2, 0) is 0 Å². The van der Waals surface area contributed by atoms with Gasteiger partial charge < -0.3 is 10.2 Å². The summed E-state index contributed by atoms with van der Waals surface area (Å²) in [7, 11) is 2.16. The largest absolute Gasteiger partial charge is 0.377 e. The Morgan fingerprint density at radius 2 is 1.82 bits per heavy atom. The first kappa shape index (κ1) is 16.5. The molecule has 0 aliphatic heterocycles. The van der Waals surface area contributed by atoms with E-state index in [0.717, 1.165) is 13.1 Å².